The van der Waals surface area contributed by atoms with Crippen LogP contribution in [0.1, 0.15) is 12.8 Å². The van der Waals surface area contributed by atoms with Gasteiger partial charge in [-0.05, 0) is 0 Å². The van der Waals surface area contributed by atoms with E-state index in [1.165, 1.54) is 0 Å². The van der Waals surface area contributed by atoms with Gasteiger partial charge >= 0.3 is 169 Å². The van der Waals surface area contributed by atoms with Crippen LogP contribution in [0.2, 0.25) is 0 Å². The molecule has 0 bridgehead atoms. The van der Waals surface area contributed by atoms with Crippen molar-refractivity contribution in [1.82, 2.24) is 17.8 Å². The summed E-state index contributed by atoms with van der Waals surface area (Å²) in [7, 11) is 0. The van der Waals surface area contributed by atoms with Crippen LogP contribution in [-0.4, -0.2) is 135 Å². The van der Waals surface area contributed by atoms with Gasteiger partial charge in [-0.15, -0.1) is 0 Å². The Labute approximate surface area is 169 Å². The van der Waals surface area contributed by atoms with E-state index in [0.29, 0.717) is 19.6 Å². The molecule has 1 aliphatic rings. The van der Waals surface area contributed by atoms with Crippen LogP contribution in [0.25, 0.3) is 0 Å². The Morgan fingerprint density at radius 2 is 0.962 bits per heavy atom. The van der Waals surface area contributed by atoms with Crippen molar-refractivity contribution in [3.63, 3.8) is 0 Å². The Hall–Kier alpha value is 0.410. The minimum absolute atomic E-state index is 0.167. The van der Waals surface area contributed by atoms with Crippen LogP contribution >= 0.6 is 0 Å². The first kappa shape index (κ1) is 24.4. The molecule has 1 fully saturated rings. The molecule has 0 saturated carbocycles. The molecule has 8 nitrogen and oxygen atoms in total. The van der Waals surface area contributed by atoms with Crippen LogP contribution in [0.4, 0.5) is 0 Å². The second-order valence-corrected chi connectivity index (χ2v) is 9.28. The number of alkyl halides is 1. The molecule has 0 unspecified atom stereocenters. The Bertz CT molecular complexity index is 273. The summed E-state index contributed by atoms with van der Waals surface area (Å²) in [5.74, 6) is 0. The third kappa shape index (κ3) is 11.3. The Morgan fingerprint density at radius 1 is 0.538 bits per heavy atom. The summed E-state index contributed by atoms with van der Waals surface area (Å²) in [6.45, 7) is 10.0. The first-order valence-corrected chi connectivity index (χ1v) is 12.2. The van der Waals surface area contributed by atoms with Gasteiger partial charge in [-0.2, -0.15) is 0 Å². The topological polar surface area (TPSA) is 93.9 Å². The second kappa shape index (κ2) is 16.4. The molecule has 0 spiro atoms. The zero-order valence-electron chi connectivity index (χ0n) is 16.0. The van der Waals surface area contributed by atoms with Gasteiger partial charge in [-0.1, -0.05) is 0 Å². The molecule has 158 valence electrons. The molecule has 1 saturated heterocycles. The van der Waals surface area contributed by atoms with Gasteiger partial charge in [0.05, 0.1) is 0 Å². The molecule has 9 heteroatoms. The second-order valence-electron chi connectivity index (χ2n) is 6.55. The van der Waals surface area contributed by atoms with Crippen molar-refractivity contribution in [2.75, 3.05) is 96.4 Å². The zero-order valence-corrected chi connectivity index (χ0v) is 18.1. The van der Waals surface area contributed by atoms with Gasteiger partial charge in [0.15, 0.2) is 0 Å². The third-order valence-corrected chi connectivity index (χ3v) is 6.92. The van der Waals surface area contributed by atoms with Crippen molar-refractivity contribution < 1.29 is 41.9 Å². The quantitative estimate of drug-likeness (QED) is 0.153. The number of hydrogen-bond donors (Lipinski definition) is 4. The number of aliphatic hydroxyl groups is 4. The van der Waals surface area contributed by atoms with Crippen molar-refractivity contribution >= 4 is 0 Å². The van der Waals surface area contributed by atoms with E-state index in [1.54, 1.807) is 0 Å². The molecule has 0 aromatic rings. The molecule has 0 aliphatic carbocycles. The van der Waals surface area contributed by atoms with Crippen molar-refractivity contribution in [3.05, 3.63) is 0 Å². The Kier molecular flexibility index (Phi) is 15.4. The maximum atomic E-state index is 9.36. The van der Waals surface area contributed by atoms with Crippen LogP contribution in [0.15, 0.2) is 0 Å². The van der Waals surface area contributed by atoms with Gasteiger partial charge in [0.2, 0.25) is 0 Å². The molecule has 1 rings (SSSR count). The molecule has 26 heavy (non-hydrogen) atoms. The predicted octanol–water partition coefficient (Wildman–Crippen LogP) is -5.08. The van der Waals surface area contributed by atoms with Crippen molar-refractivity contribution in [2.24, 2.45) is 0 Å². The fraction of sp³-hybridized carbons (Fsp3) is 1.00. The van der Waals surface area contributed by atoms with Crippen LogP contribution < -0.4 is 21.5 Å². The normalized spacial score (nSPS) is 21.8. The van der Waals surface area contributed by atoms with Gasteiger partial charge in [0, 0.05) is 0 Å². The predicted molar refractivity (Wildman–Crippen MR) is 98.5 cm³/mol. The summed E-state index contributed by atoms with van der Waals surface area (Å²) in [6.07, 6.45) is 2.04. The molecule has 0 aromatic heterocycles. The standard InChI is InChI=1S/C17H38IN4O4/c23-14-11-19-3-1-4-21(13-16-25)9-10-22(18-17-26)6-2-5-20(8-7-19)12-15-24/h23-26H,1-17H2/q-1. The SMILES string of the molecule is OCCN1CCCN(CCO)CCN([I-]CO)CCCN(CCO)CC1. The van der Waals surface area contributed by atoms with Crippen LogP contribution in [-0.2, 0) is 0 Å². The summed E-state index contributed by atoms with van der Waals surface area (Å²) in [5.41, 5.74) is 0. The van der Waals surface area contributed by atoms with Crippen molar-refractivity contribution in [2.45, 2.75) is 12.8 Å². The fourth-order valence-electron chi connectivity index (χ4n) is 3.25. The Balaban J connectivity index is 2.67. The molecule has 0 radical (unpaired) electrons. The van der Waals surface area contributed by atoms with Crippen molar-refractivity contribution in [1.29, 1.82) is 0 Å². The maximum absolute atomic E-state index is 9.36. The van der Waals surface area contributed by atoms with E-state index in [-0.39, 0.29) is 45.9 Å². The number of rotatable bonds is 8. The van der Waals surface area contributed by atoms with Gasteiger partial charge in [-0.25, -0.2) is 0 Å². The Morgan fingerprint density at radius 3 is 1.38 bits per heavy atom. The van der Waals surface area contributed by atoms with Crippen LogP contribution in [0, 0.1) is 0 Å². The van der Waals surface area contributed by atoms with Crippen molar-refractivity contribution in [3.8, 4) is 0 Å². The zero-order chi connectivity index (χ0) is 19.0. The first-order valence-electron chi connectivity index (χ1n) is 9.68. The molecule has 0 aromatic carbocycles. The molecule has 4 N–H and O–H groups in total. The molecular weight excluding hydrogens is 451 g/mol. The number of aliphatic hydroxyl groups excluding tert-OH is 4. The van der Waals surface area contributed by atoms with Gasteiger partial charge in [0.1, 0.15) is 0 Å². The molecule has 1 heterocycles. The van der Waals surface area contributed by atoms with E-state index in [4.69, 9.17) is 0 Å². The van der Waals surface area contributed by atoms with E-state index in [9.17, 15) is 20.4 Å². The van der Waals surface area contributed by atoms with Crippen LogP contribution in [0.3, 0.4) is 0 Å². The first-order chi connectivity index (χ1) is 12.7. The fourth-order valence-corrected chi connectivity index (χ4v) is 4.92. The van der Waals surface area contributed by atoms with Gasteiger partial charge in [-0.3, -0.25) is 0 Å². The average Bonchev–Trinajstić information content (AvgIpc) is 2.63. The number of β-amino-alcohol motifs (C(OH)–C–C–N with tert-alkyl or cyclic N) is 3. The van der Waals surface area contributed by atoms with E-state index < -0.39 is 0 Å². The number of halogens is 1. The van der Waals surface area contributed by atoms with E-state index in [1.807, 2.05) is 0 Å². The monoisotopic (exact) mass is 489 g/mol. The number of nitrogens with zero attached hydrogens (tertiary/aromatic N) is 4. The van der Waals surface area contributed by atoms with E-state index in [2.05, 4.69) is 17.8 Å². The van der Waals surface area contributed by atoms with Gasteiger partial charge < -0.3 is 0 Å². The van der Waals surface area contributed by atoms with Gasteiger partial charge in [0.25, 0.3) is 0 Å². The minimum atomic E-state index is -0.341. The molecule has 0 atom stereocenters. The third-order valence-electron chi connectivity index (χ3n) is 4.69. The van der Waals surface area contributed by atoms with E-state index in [0.717, 1.165) is 65.2 Å². The summed E-state index contributed by atoms with van der Waals surface area (Å²) in [4.78, 5) is 6.88. The van der Waals surface area contributed by atoms with E-state index >= 15 is 0 Å². The molecular formula is C17H38IN4O4-. The molecule has 0 amide bonds. The summed E-state index contributed by atoms with van der Waals surface area (Å²) >= 11 is -0.341. The number of hydrogen-bond acceptors (Lipinski definition) is 8. The molecule has 1 aliphatic heterocycles. The average molecular weight is 489 g/mol. The van der Waals surface area contributed by atoms with Crippen LogP contribution in [0.5, 0.6) is 0 Å². The summed E-state index contributed by atoms with van der Waals surface area (Å²) in [5, 5.41) is 37.3. The summed E-state index contributed by atoms with van der Waals surface area (Å²) < 4.78 is 2.67. The summed E-state index contributed by atoms with van der Waals surface area (Å²) in [6, 6.07) is 0.